The predicted molar refractivity (Wildman–Crippen MR) is 82.2 cm³/mol. The first kappa shape index (κ1) is 14.9. The first-order valence-corrected chi connectivity index (χ1v) is 6.99. The fraction of sp³-hybridized carbons (Fsp3) is 0.125. The van der Waals surface area contributed by atoms with Crippen molar-refractivity contribution in [2.75, 3.05) is 6.61 Å². The molecule has 0 fully saturated rings. The van der Waals surface area contributed by atoms with E-state index in [9.17, 15) is 4.79 Å². The lowest BCUT2D eigenvalue weighted by molar-refractivity contribution is 0.0706. The number of aromatic nitrogens is 3. The van der Waals surface area contributed by atoms with Crippen LogP contribution in [0.5, 0.6) is 5.88 Å². The van der Waals surface area contributed by atoms with Gasteiger partial charge in [0.05, 0.1) is 23.8 Å². The summed E-state index contributed by atoms with van der Waals surface area (Å²) in [5.41, 5.74) is 4.17. The van der Waals surface area contributed by atoms with Gasteiger partial charge in [-0.15, -0.1) is 0 Å². The number of carbonyl (C=O) groups excluding carboxylic acids is 1. The van der Waals surface area contributed by atoms with Crippen LogP contribution in [0.4, 0.5) is 0 Å². The summed E-state index contributed by atoms with van der Waals surface area (Å²) in [6, 6.07) is 8.62. The second-order valence-electron chi connectivity index (χ2n) is 4.81. The molecule has 1 aromatic carbocycles. The zero-order chi connectivity index (χ0) is 16.1. The van der Waals surface area contributed by atoms with Crippen LogP contribution in [0.25, 0.3) is 11.0 Å². The van der Waals surface area contributed by atoms with Crippen molar-refractivity contribution in [2.45, 2.75) is 6.42 Å². The summed E-state index contributed by atoms with van der Waals surface area (Å²) in [5.74, 6) is -0.217. The van der Waals surface area contributed by atoms with Crippen molar-refractivity contribution in [1.29, 1.82) is 0 Å². The van der Waals surface area contributed by atoms with Gasteiger partial charge in [-0.3, -0.25) is 15.0 Å². The van der Waals surface area contributed by atoms with Gasteiger partial charge in [-0.05, 0) is 35.9 Å². The van der Waals surface area contributed by atoms with Gasteiger partial charge < -0.3 is 4.74 Å². The van der Waals surface area contributed by atoms with Crippen LogP contribution >= 0.6 is 0 Å². The Balaban J connectivity index is 1.72. The molecular formula is C16H14N4O3. The highest BCUT2D eigenvalue weighted by atomic mass is 16.5. The molecule has 2 N–H and O–H groups in total. The van der Waals surface area contributed by atoms with Gasteiger partial charge in [0, 0.05) is 24.4 Å². The van der Waals surface area contributed by atoms with Gasteiger partial charge >= 0.3 is 0 Å². The molecule has 0 atom stereocenters. The molecule has 7 heteroatoms. The molecule has 0 aliphatic rings. The summed E-state index contributed by atoms with van der Waals surface area (Å²) >= 11 is 0. The van der Waals surface area contributed by atoms with Crippen LogP contribution in [0.3, 0.4) is 0 Å². The van der Waals surface area contributed by atoms with Gasteiger partial charge in [-0.2, -0.15) is 0 Å². The first-order valence-electron chi connectivity index (χ1n) is 6.99. The summed E-state index contributed by atoms with van der Waals surface area (Å²) in [6.07, 6.45) is 5.74. The number of benzene rings is 1. The number of ether oxygens (including phenoxy) is 1. The van der Waals surface area contributed by atoms with Crippen LogP contribution < -0.4 is 10.2 Å². The predicted octanol–water partition coefficient (Wildman–Crippen LogP) is 1.77. The van der Waals surface area contributed by atoms with Gasteiger partial charge in [0.2, 0.25) is 5.88 Å². The van der Waals surface area contributed by atoms with Crippen molar-refractivity contribution >= 4 is 16.9 Å². The number of rotatable bonds is 5. The molecule has 7 nitrogen and oxygen atoms in total. The SMILES string of the molecule is O=C(NO)c1ccc2ncc(OCCc3ccncc3)nc2c1. The van der Waals surface area contributed by atoms with Gasteiger partial charge in [0.15, 0.2) is 0 Å². The summed E-state index contributed by atoms with van der Waals surface area (Å²) in [6.45, 7) is 0.459. The zero-order valence-corrected chi connectivity index (χ0v) is 12.1. The van der Waals surface area contributed by atoms with Crippen LogP contribution in [-0.4, -0.2) is 32.7 Å². The topological polar surface area (TPSA) is 97.2 Å². The number of hydrogen-bond acceptors (Lipinski definition) is 6. The maximum absolute atomic E-state index is 11.4. The Morgan fingerprint density at radius 1 is 1.17 bits per heavy atom. The third-order valence-corrected chi connectivity index (χ3v) is 3.27. The van der Waals surface area contributed by atoms with E-state index in [-0.39, 0.29) is 0 Å². The molecule has 0 unspecified atom stereocenters. The molecule has 3 aromatic rings. The maximum atomic E-state index is 11.4. The van der Waals surface area contributed by atoms with Crippen molar-refractivity contribution in [1.82, 2.24) is 20.4 Å². The Morgan fingerprint density at radius 2 is 2.00 bits per heavy atom. The van der Waals surface area contributed by atoms with Crippen molar-refractivity contribution < 1.29 is 14.7 Å². The Hall–Kier alpha value is -3.06. The van der Waals surface area contributed by atoms with Crippen molar-refractivity contribution in [3.05, 3.63) is 60.0 Å². The third kappa shape index (κ3) is 3.58. The van der Waals surface area contributed by atoms with Gasteiger partial charge in [0.1, 0.15) is 0 Å². The molecule has 0 saturated carbocycles. The number of hydroxylamine groups is 1. The molecule has 2 aromatic heterocycles. The lowest BCUT2D eigenvalue weighted by Gasteiger charge is -2.06. The second-order valence-corrected chi connectivity index (χ2v) is 4.81. The van der Waals surface area contributed by atoms with Crippen LogP contribution in [0, 0.1) is 0 Å². The van der Waals surface area contributed by atoms with Crippen LogP contribution in [0.2, 0.25) is 0 Å². The number of pyridine rings is 1. The van der Waals surface area contributed by atoms with E-state index < -0.39 is 5.91 Å². The number of amides is 1. The summed E-state index contributed by atoms with van der Waals surface area (Å²) in [5, 5.41) is 8.67. The Bertz CT molecular complexity index is 824. The highest BCUT2D eigenvalue weighted by Gasteiger charge is 2.07. The van der Waals surface area contributed by atoms with E-state index in [1.165, 1.54) is 0 Å². The Morgan fingerprint density at radius 3 is 2.78 bits per heavy atom. The molecule has 0 spiro atoms. The highest BCUT2D eigenvalue weighted by Crippen LogP contribution is 2.16. The largest absolute Gasteiger partial charge is 0.476 e. The smallest absolute Gasteiger partial charge is 0.274 e. The third-order valence-electron chi connectivity index (χ3n) is 3.27. The standard InChI is InChI=1S/C16H14N4O3/c21-16(20-22)12-1-2-13-14(9-12)19-15(10-18-13)23-8-5-11-3-6-17-7-4-11/h1-4,6-7,9-10,22H,5,8H2,(H,20,21). The van der Waals surface area contributed by atoms with Crippen LogP contribution in [-0.2, 0) is 6.42 Å². The molecule has 23 heavy (non-hydrogen) atoms. The minimum Gasteiger partial charge on any atom is -0.476 e. The maximum Gasteiger partial charge on any atom is 0.274 e. The summed E-state index contributed by atoms with van der Waals surface area (Å²) in [4.78, 5) is 24.0. The monoisotopic (exact) mass is 310 g/mol. The van der Waals surface area contributed by atoms with E-state index in [0.29, 0.717) is 29.1 Å². The lowest BCUT2D eigenvalue weighted by Crippen LogP contribution is -2.18. The van der Waals surface area contributed by atoms with E-state index >= 15 is 0 Å². The lowest BCUT2D eigenvalue weighted by atomic mass is 10.2. The molecule has 0 radical (unpaired) electrons. The second kappa shape index (κ2) is 6.80. The van der Waals surface area contributed by atoms with Crippen LogP contribution in [0.15, 0.2) is 48.9 Å². The number of carbonyl (C=O) groups is 1. The fourth-order valence-corrected chi connectivity index (χ4v) is 2.09. The van der Waals surface area contributed by atoms with Gasteiger partial charge in [0.25, 0.3) is 5.91 Å². The van der Waals surface area contributed by atoms with Crippen molar-refractivity contribution in [3.8, 4) is 5.88 Å². The molecule has 2 heterocycles. The Kier molecular flexibility index (Phi) is 4.39. The van der Waals surface area contributed by atoms with E-state index in [1.807, 2.05) is 12.1 Å². The number of nitrogens with one attached hydrogen (secondary N) is 1. The minimum atomic E-state index is -0.599. The van der Waals surface area contributed by atoms with E-state index in [2.05, 4.69) is 15.0 Å². The average molecular weight is 310 g/mol. The summed E-state index contributed by atoms with van der Waals surface area (Å²) in [7, 11) is 0. The average Bonchev–Trinajstić information content (AvgIpc) is 2.61. The molecule has 116 valence electrons. The number of hydrogen-bond donors (Lipinski definition) is 2. The molecular weight excluding hydrogens is 296 g/mol. The van der Waals surface area contributed by atoms with Gasteiger partial charge in [-0.25, -0.2) is 15.4 Å². The van der Waals surface area contributed by atoms with E-state index in [1.54, 1.807) is 42.3 Å². The molecule has 0 bridgehead atoms. The minimum absolute atomic E-state index is 0.295. The van der Waals surface area contributed by atoms with E-state index in [0.717, 1.165) is 12.0 Å². The molecule has 0 saturated heterocycles. The summed E-state index contributed by atoms with van der Waals surface area (Å²) < 4.78 is 5.60. The van der Waals surface area contributed by atoms with E-state index in [4.69, 9.17) is 9.94 Å². The molecule has 3 rings (SSSR count). The van der Waals surface area contributed by atoms with Crippen LogP contribution in [0.1, 0.15) is 15.9 Å². The molecule has 0 aliphatic heterocycles. The zero-order valence-electron chi connectivity index (χ0n) is 12.1. The molecule has 0 aliphatic carbocycles. The van der Waals surface area contributed by atoms with Gasteiger partial charge in [-0.1, -0.05) is 0 Å². The van der Waals surface area contributed by atoms with Crippen molar-refractivity contribution in [3.63, 3.8) is 0 Å². The number of fused-ring (bicyclic) bond motifs is 1. The number of nitrogens with zero attached hydrogens (tertiary/aromatic N) is 3. The quantitative estimate of drug-likeness (QED) is 0.550. The normalized spacial score (nSPS) is 10.5. The molecule has 1 amide bonds. The highest BCUT2D eigenvalue weighted by molar-refractivity contribution is 5.96. The first-order chi connectivity index (χ1) is 11.3. The Labute approximate surface area is 131 Å². The van der Waals surface area contributed by atoms with Crippen molar-refractivity contribution in [2.24, 2.45) is 0 Å². The fourth-order valence-electron chi connectivity index (χ4n) is 2.09.